The van der Waals surface area contributed by atoms with Crippen LogP contribution < -0.4 is 10.1 Å². The van der Waals surface area contributed by atoms with Gasteiger partial charge in [-0.15, -0.1) is 10.2 Å². The number of benzene rings is 1. The molecule has 1 aromatic carbocycles. The monoisotopic (exact) mass is 394 g/mol. The Hall–Kier alpha value is -2.13. The average Bonchev–Trinajstić information content (AvgIpc) is 2.96. The lowest BCUT2D eigenvalue weighted by molar-refractivity contribution is 0.414. The molecule has 0 radical (unpaired) electrons. The summed E-state index contributed by atoms with van der Waals surface area (Å²) in [7, 11) is -1.98. The minimum absolute atomic E-state index is 0.257. The summed E-state index contributed by atoms with van der Waals surface area (Å²) in [6.45, 7) is 3.36. The van der Waals surface area contributed by atoms with Crippen molar-refractivity contribution in [3.05, 3.63) is 30.0 Å². The molecule has 0 spiro atoms. The fourth-order valence-electron chi connectivity index (χ4n) is 3.09. The van der Waals surface area contributed by atoms with E-state index >= 15 is 0 Å². The third-order valence-corrected chi connectivity index (χ3v) is 6.51. The number of nitrogens with zero attached hydrogens (tertiary/aromatic N) is 3. The van der Waals surface area contributed by atoms with Crippen molar-refractivity contribution in [2.75, 3.05) is 25.5 Å². The van der Waals surface area contributed by atoms with Crippen molar-refractivity contribution in [2.24, 2.45) is 0 Å². The predicted molar refractivity (Wildman–Crippen MR) is 101 cm³/mol. The summed E-state index contributed by atoms with van der Waals surface area (Å²) < 4.78 is 38.5. The quantitative estimate of drug-likeness (QED) is 0.771. The number of hydrogen-bond acceptors (Lipinski definition) is 7. The average molecular weight is 394 g/mol. The molecule has 9 heteroatoms. The normalized spacial score (nSPS) is 16.1. The minimum atomic E-state index is -3.53. The smallest absolute Gasteiger partial charge is 0.243 e. The number of ether oxygens (including phenoxy) is 1. The topological polar surface area (TPSA) is 97.6 Å². The third-order valence-electron chi connectivity index (χ3n) is 4.61. The van der Waals surface area contributed by atoms with Crippen LogP contribution in [0.1, 0.15) is 44.4 Å². The molecule has 0 unspecified atom stereocenters. The molecule has 1 aliphatic heterocycles. The van der Waals surface area contributed by atoms with Crippen LogP contribution in [0.3, 0.4) is 0 Å². The van der Waals surface area contributed by atoms with E-state index in [1.807, 2.05) is 6.92 Å². The van der Waals surface area contributed by atoms with Gasteiger partial charge in [0.05, 0.1) is 24.2 Å². The summed E-state index contributed by atoms with van der Waals surface area (Å²) in [6.07, 6.45) is 4.62. The molecule has 1 fully saturated rings. The molecule has 8 nitrogen and oxygen atoms in total. The number of hydrogen-bond donors (Lipinski definition) is 1. The Morgan fingerprint density at radius 2 is 1.85 bits per heavy atom. The van der Waals surface area contributed by atoms with Gasteiger partial charge >= 0.3 is 0 Å². The van der Waals surface area contributed by atoms with Crippen LogP contribution in [0, 0.1) is 0 Å². The van der Waals surface area contributed by atoms with Gasteiger partial charge in [0.1, 0.15) is 5.75 Å². The Balaban J connectivity index is 1.81. The molecule has 3 rings (SSSR count). The molecule has 148 valence electrons. The molecule has 0 aliphatic carbocycles. The first-order chi connectivity index (χ1) is 13.0. The van der Waals surface area contributed by atoms with Crippen LogP contribution in [-0.4, -0.2) is 43.1 Å². The molecular formula is C18H26N4O4S. The predicted octanol–water partition coefficient (Wildman–Crippen LogP) is 2.82. The first kappa shape index (κ1) is 19.6. The fraction of sp³-hybridized carbons (Fsp3) is 0.556. The maximum absolute atomic E-state index is 13.0. The number of methoxy groups -OCH3 is 1. The molecule has 2 aromatic rings. The van der Waals surface area contributed by atoms with Gasteiger partial charge in [0.2, 0.25) is 21.8 Å². The Kier molecular flexibility index (Phi) is 6.33. The molecule has 27 heavy (non-hydrogen) atoms. The van der Waals surface area contributed by atoms with E-state index in [0.29, 0.717) is 42.7 Å². The molecule has 1 N–H and O–H groups in total. The molecule has 2 heterocycles. The number of rotatable bonds is 7. The van der Waals surface area contributed by atoms with E-state index in [1.165, 1.54) is 0 Å². The van der Waals surface area contributed by atoms with E-state index in [0.717, 1.165) is 25.7 Å². The van der Waals surface area contributed by atoms with Crippen LogP contribution in [0.2, 0.25) is 0 Å². The van der Waals surface area contributed by atoms with E-state index in [9.17, 15) is 8.42 Å². The summed E-state index contributed by atoms with van der Waals surface area (Å²) in [6, 6.07) is 4.86. The van der Waals surface area contributed by atoms with E-state index in [2.05, 4.69) is 15.5 Å². The van der Waals surface area contributed by atoms with Crippen molar-refractivity contribution >= 4 is 15.7 Å². The second kappa shape index (κ2) is 8.71. The summed E-state index contributed by atoms with van der Waals surface area (Å²) in [5.74, 6) is 1.56. The van der Waals surface area contributed by atoms with Gasteiger partial charge in [-0.3, -0.25) is 0 Å². The van der Waals surface area contributed by atoms with E-state index in [4.69, 9.17) is 9.15 Å². The Morgan fingerprint density at radius 3 is 2.48 bits per heavy atom. The van der Waals surface area contributed by atoms with Crippen molar-refractivity contribution in [3.63, 3.8) is 0 Å². The van der Waals surface area contributed by atoms with Crippen LogP contribution in [0.25, 0.3) is 0 Å². The lowest BCUT2D eigenvalue weighted by atomic mass is 10.2. The van der Waals surface area contributed by atoms with E-state index in [1.54, 1.807) is 29.6 Å². The lowest BCUT2D eigenvalue weighted by Crippen LogP contribution is -2.32. The van der Waals surface area contributed by atoms with Gasteiger partial charge in [-0.25, -0.2) is 8.42 Å². The highest BCUT2D eigenvalue weighted by Crippen LogP contribution is 2.30. The van der Waals surface area contributed by atoms with Crippen molar-refractivity contribution in [3.8, 4) is 5.75 Å². The maximum Gasteiger partial charge on any atom is 0.243 e. The van der Waals surface area contributed by atoms with Crippen molar-refractivity contribution in [1.82, 2.24) is 14.5 Å². The highest BCUT2D eigenvalue weighted by Gasteiger charge is 2.26. The Labute approximate surface area is 160 Å². The summed E-state index contributed by atoms with van der Waals surface area (Å²) in [5, 5.41) is 11.0. The fourth-order valence-corrected chi connectivity index (χ4v) is 4.63. The third kappa shape index (κ3) is 4.59. The SMILES string of the molecule is CCc1nnc(CNc2cc(S(=O)(=O)N3CCCCCC3)ccc2OC)o1. The van der Waals surface area contributed by atoms with Crippen LogP contribution in [0.4, 0.5) is 5.69 Å². The Morgan fingerprint density at radius 1 is 1.15 bits per heavy atom. The zero-order chi connectivity index (χ0) is 19.3. The van der Waals surface area contributed by atoms with E-state index in [-0.39, 0.29) is 11.4 Å². The standard InChI is InChI=1S/C18H26N4O4S/c1-3-17-20-21-18(26-17)13-19-15-12-14(8-9-16(15)25-2)27(23,24)22-10-6-4-5-7-11-22/h8-9,12,19H,3-7,10-11,13H2,1-2H3. The van der Waals surface area contributed by atoms with Crippen LogP contribution >= 0.6 is 0 Å². The highest BCUT2D eigenvalue weighted by molar-refractivity contribution is 7.89. The van der Waals surface area contributed by atoms with E-state index < -0.39 is 10.0 Å². The highest BCUT2D eigenvalue weighted by atomic mass is 32.2. The second-order valence-corrected chi connectivity index (χ2v) is 8.41. The largest absolute Gasteiger partial charge is 0.495 e. The molecular weight excluding hydrogens is 368 g/mol. The van der Waals surface area contributed by atoms with Crippen molar-refractivity contribution in [2.45, 2.75) is 50.5 Å². The number of aryl methyl sites for hydroxylation is 1. The summed E-state index contributed by atoms with van der Waals surface area (Å²) in [4.78, 5) is 0.257. The van der Waals surface area contributed by atoms with Crippen molar-refractivity contribution < 1.29 is 17.6 Å². The number of aromatic nitrogens is 2. The van der Waals surface area contributed by atoms with Gasteiger partial charge in [-0.05, 0) is 31.0 Å². The molecule has 1 aromatic heterocycles. The summed E-state index contributed by atoms with van der Waals surface area (Å²) >= 11 is 0. The lowest BCUT2D eigenvalue weighted by Gasteiger charge is -2.21. The zero-order valence-electron chi connectivity index (χ0n) is 15.8. The molecule has 1 aliphatic rings. The van der Waals surface area contributed by atoms with Gasteiger partial charge in [0, 0.05) is 19.5 Å². The van der Waals surface area contributed by atoms with Crippen molar-refractivity contribution in [1.29, 1.82) is 0 Å². The number of nitrogens with one attached hydrogen (secondary N) is 1. The van der Waals surface area contributed by atoms with Gasteiger partial charge in [-0.1, -0.05) is 19.8 Å². The first-order valence-corrected chi connectivity index (χ1v) is 10.7. The molecule has 0 bridgehead atoms. The summed E-state index contributed by atoms with van der Waals surface area (Å²) in [5.41, 5.74) is 0.574. The second-order valence-electron chi connectivity index (χ2n) is 6.48. The van der Waals surface area contributed by atoms with Crippen LogP contribution in [0.15, 0.2) is 27.5 Å². The first-order valence-electron chi connectivity index (χ1n) is 9.28. The zero-order valence-corrected chi connectivity index (χ0v) is 16.6. The maximum atomic E-state index is 13.0. The molecule has 0 amide bonds. The molecule has 0 saturated carbocycles. The van der Waals surface area contributed by atoms with Gasteiger partial charge in [-0.2, -0.15) is 4.31 Å². The number of sulfonamides is 1. The van der Waals surface area contributed by atoms with Crippen LogP contribution in [-0.2, 0) is 23.0 Å². The van der Waals surface area contributed by atoms with Gasteiger partial charge in [0.25, 0.3) is 0 Å². The van der Waals surface area contributed by atoms with Crippen LogP contribution in [0.5, 0.6) is 5.75 Å². The molecule has 1 saturated heterocycles. The van der Waals surface area contributed by atoms with Gasteiger partial charge < -0.3 is 14.5 Å². The Bertz CT molecular complexity index is 858. The van der Waals surface area contributed by atoms with Gasteiger partial charge in [0.15, 0.2) is 0 Å². The minimum Gasteiger partial charge on any atom is -0.495 e. The molecule has 0 atom stereocenters. The number of anilines is 1.